The molecule has 2 aromatic heterocycles. The number of ketones is 2. The molecule has 1 aliphatic rings. The molecule has 0 radical (unpaired) electrons. The molecule has 0 fully saturated rings. The molecule has 0 unspecified atom stereocenters. The van der Waals surface area contributed by atoms with Crippen LogP contribution in [0.2, 0.25) is 0 Å². The van der Waals surface area contributed by atoms with Crippen molar-refractivity contribution in [2.24, 2.45) is 0 Å². The highest BCUT2D eigenvalue weighted by molar-refractivity contribution is 7.22. The van der Waals surface area contributed by atoms with Crippen LogP contribution in [0.15, 0.2) is 109 Å². The molecule has 2 heterocycles. The summed E-state index contributed by atoms with van der Waals surface area (Å²) < 4.78 is 125. The van der Waals surface area contributed by atoms with Crippen molar-refractivity contribution in [2.45, 2.75) is 36.9 Å². The molecule has 13 heteroatoms. The van der Waals surface area contributed by atoms with E-state index in [1.54, 1.807) is 36.4 Å². The minimum atomic E-state index is -7.03. The number of alkyl halides is 9. The number of halogens is 9. The van der Waals surface area contributed by atoms with Gasteiger partial charge in [-0.25, -0.2) is 0 Å². The van der Waals surface area contributed by atoms with Crippen LogP contribution in [0.5, 0.6) is 0 Å². The highest BCUT2D eigenvalue weighted by Gasteiger charge is 2.81. The number of thiophene rings is 1. The fourth-order valence-corrected chi connectivity index (χ4v) is 7.25. The number of hydrogen-bond acceptors (Lipinski definition) is 3. The van der Waals surface area contributed by atoms with Crippen LogP contribution in [-0.2, 0) is 6.54 Å². The molecule has 0 atom stereocenters. The largest absolute Gasteiger partial charge is 0.460 e. The van der Waals surface area contributed by atoms with Gasteiger partial charge in [0.25, 0.3) is 0 Å². The molecule has 0 saturated carbocycles. The zero-order valence-electron chi connectivity index (χ0n) is 25.9. The summed E-state index contributed by atoms with van der Waals surface area (Å²) in [5.74, 6) is -21.0. The Labute approximate surface area is 287 Å². The smallest absolute Gasteiger partial charge is 0.340 e. The van der Waals surface area contributed by atoms with Crippen LogP contribution in [-0.4, -0.2) is 40.1 Å². The van der Waals surface area contributed by atoms with Gasteiger partial charge in [0.05, 0.1) is 15.8 Å². The number of nitrogens with zero attached hydrogens (tertiary/aromatic N) is 1. The summed E-state index contributed by atoms with van der Waals surface area (Å²) >= 11 is 1.16. The number of aromatic nitrogens is 1. The zero-order chi connectivity index (χ0) is 36.5. The van der Waals surface area contributed by atoms with Gasteiger partial charge in [-0.3, -0.25) is 9.59 Å². The van der Waals surface area contributed by atoms with Gasteiger partial charge in [0.15, 0.2) is 11.6 Å². The van der Waals surface area contributed by atoms with Crippen LogP contribution in [0.25, 0.3) is 48.6 Å². The normalized spacial score (nSPS) is 14.2. The first-order valence-corrected chi connectivity index (χ1v) is 16.1. The third-order valence-corrected chi connectivity index (χ3v) is 10.0. The van der Waals surface area contributed by atoms with Gasteiger partial charge in [-0.05, 0) is 57.8 Å². The van der Waals surface area contributed by atoms with Gasteiger partial charge >= 0.3 is 23.9 Å². The van der Waals surface area contributed by atoms with E-state index in [9.17, 15) is 49.1 Å². The average molecular weight is 728 g/mol. The fourth-order valence-electron chi connectivity index (χ4n) is 6.14. The van der Waals surface area contributed by atoms with E-state index in [0.717, 1.165) is 33.1 Å². The van der Waals surface area contributed by atoms with Crippen molar-refractivity contribution < 1.29 is 49.1 Å². The van der Waals surface area contributed by atoms with E-state index in [4.69, 9.17) is 0 Å². The van der Waals surface area contributed by atoms with E-state index >= 15 is 0 Å². The van der Waals surface area contributed by atoms with E-state index in [1.165, 1.54) is 24.3 Å². The Morgan fingerprint density at radius 3 is 1.71 bits per heavy atom. The lowest BCUT2D eigenvalue weighted by molar-refractivity contribution is -0.396. The number of carbonyl (C=O) groups is 2. The molecule has 1 aliphatic carbocycles. The molecule has 6 aromatic rings. The first kappa shape index (κ1) is 34.3. The van der Waals surface area contributed by atoms with E-state index < -0.39 is 48.5 Å². The van der Waals surface area contributed by atoms with Crippen LogP contribution in [0.3, 0.4) is 0 Å². The molecule has 0 spiro atoms. The third kappa shape index (κ3) is 5.63. The van der Waals surface area contributed by atoms with Crippen LogP contribution in [0.4, 0.5) is 39.5 Å². The number of aryl methyl sites for hydroxylation is 1. The van der Waals surface area contributed by atoms with Crippen LogP contribution >= 0.6 is 11.3 Å². The molecule has 0 bridgehead atoms. The predicted molar refractivity (Wildman–Crippen MR) is 177 cm³/mol. The Balaban J connectivity index is 1.29. The van der Waals surface area contributed by atoms with Crippen molar-refractivity contribution in [1.29, 1.82) is 0 Å². The molecular formula is C38H22F9NO2S. The van der Waals surface area contributed by atoms with Gasteiger partial charge in [-0.2, -0.15) is 39.5 Å². The van der Waals surface area contributed by atoms with Crippen molar-refractivity contribution in [3.05, 3.63) is 126 Å². The minimum absolute atomic E-state index is 0.0852. The summed E-state index contributed by atoms with van der Waals surface area (Å²) in [4.78, 5) is 27.5. The van der Waals surface area contributed by atoms with Gasteiger partial charge in [0, 0.05) is 34.7 Å². The monoisotopic (exact) mass is 727 g/mol. The fraction of sp³-hybridized carbons (Fsp3) is 0.158. The average Bonchev–Trinajstić information content (AvgIpc) is 3.72. The van der Waals surface area contributed by atoms with Gasteiger partial charge in [0.1, 0.15) is 0 Å². The Morgan fingerprint density at radius 2 is 1.14 bits per heavy atom. The highest BCUT2D eigenvalue weighted by atomic mass is 32.1. The van der Waals surface area contributed by atoms with E-state index in [-0.39, 0.29) is 27.9 Å². The summed E-state index contributed by atoms with van der Waals surface area (Å²) in [6.07, 6.45) is -7.98. The summed E-state index contributed by atoms with van der Waals surface area (Å²) in [6, 6.07) is 29.7. The molecule has 0 saturated heterocycles. The summed E-state index contributed by atoms with van der Waals surface area (Å²) in [6.45, 7) is -1.17. The Morgan fingerprint density at radius 1 is 0.608 bits per heavy atom. The second kappa shape index (κ2) is 12.0. The molecule has 0 aliphatic heterocycles. The van der Waals surface area contributed by atoms with Gasteiger partial charge < -0.3 is 4.57 Å². The number of carbonyl (C=O) groups excluding carboxylic acids is 2. The standard InChI is InChI=1S/C38H22F9NO2S/c39-35(40,36(41,42)37(43,44)38(45,46)47)14-15-48-26(18-29-33(49)27-16-24-8-4-5-9-25(24)17-28(27)34(29)50)19-32-30(48)20-31(51-32)23-12-10-22(11-13-23)21-6-2-1-3-7-21/h1-13,16-20H,14-15H2. The summed E-state index contributed by atoms with van der Waals surface area (Å²) in [5, 5.41) is 1.34. The second-order valence-corrected chi connectivity index (χ2v) is 13.2. The highest BCUT2D eigenvalue weighted by Crippen LogP contribution is 2.54. The Kier molecular flexibility index (Phi) is 8.05. The Bertz CT molecular complexity index is 2310. The minimum Gasteiger partial charge on any atom is -0.340 e. The molecule has 4 aromatic carbocycles. The maximum absolute atomic E-state index is 14.8. The van der Waals surface area contributed by atoms with Crippen LogP contribution in [0.1, 0.15) is 32.8 Å². The summed E-state index contributed by atoms with van der Waals surface area (Å²) in [5.41, 5.74) is 2.42. The lowest BCUT2D eigenvalue weighted by Crippen LogP contribution is -2.61. The van der Waals surface area contributed by atoms with Gasteiger partial charge in [-0.15, -0.1) is 11.3 Å². The number of Topliss-reactive ketones (excluding diaryl/α,β-unsaturated/α-hetero) is 2. The first-order chi connectivity index (χ1) is 24.0. The second-order valence-electron chi connectivity index (χ2n) is 12.1. The van der Waals surface area contributed by atoms with E-state index in [2.05, 4.69) is 0 Å². The van der Waals surface area contributed by atoms with Crippen molar-refractivity contribution in [2.75, 3.05) is 0 Å². The molecule has 3 nitrogen and oxygen atoms in total. The maximum Gasteiger partial charge on any atom is 0.460 e. The SMILES string of the molecule is O=C1C(=Cc2cc3sc(-c4ccc(-c5ccccc5)cc4)cc3n2CCC(F)(F)C(F)(F)C(F)(F)C(F)(F)F)C(=O)c2cc3ccccc3cc21. The quantitative estimate of drug-likeness (QED) is 0.0890. The number of rotatable bonds is 8. The van der Waals surface area contributed by atoms with Crippen molar-refractivity contribution >= 4 is 50.0 Å². The third-order valence-electron chi connectivity index (χ3n) is 8.91. The topological polar surface area (TPSA) is 39.1 Å². The molecular weight excluding hydrogens is 705 g/mol. The van der Waals surface area contributed by atoms with Crippen LogP contribution < -0.4 is 0 Å². The lowest BCUT2D eigenvalue weighted by Gasteiger charge is -2.33. The van der Waals surface area contributed by atoms with Gasteiger partial charge in [-0.1, -0.05) is 78.9 Å². The molecule has 0 amide bonds. The van der Waals surface area contributed by atoms with Crippen LogP contribution in [0, 0.1) is 0 Å². The maximum atomic E-state index is 14.8. The van der Waals surface area contributed by atoms with Crippen molar-refractivity contribution in [3.63, 3.8) is 0 Å². The van der Waals surface area contributed by atoms with Crippen molar-refractivity contribution in [3.8, 4) is 21.6 Å². The molecule has 0 N–H and O–H groups in total. The first-order valence-electron chi connectivity index (χ1n) is 15.3. The van der Waals surface area contributed by atoms with Crippen molar-refractivity contribution in [1.82, 2.24) is 4.57 Å². The molecule has 260 valence electrons. The zero-order valence-corrected chi connectivity index (χ0v) is 26.7. The number of hydrogen-bond donors (Lipinski definition) is 0. The summed E-state index contributed by atoms with van der Waals surface area (Å²) in [7, 11) is 0. The van der Waals surface area contributed by atoms with E-state index in [0.29, 0.717) is 25.9 Å². The Hall–Kier alpha value is -5.17. The number of benzene rings is 4. The molecule has 7 rings (SSSR count). The number of allylic oxidation sites excluding steroid dienone is 1. The van der Waals surface area contributed by atoms with E-state index in [1.807, 2.05) is 42.5 Å². The predicted octanol–water partition coefficient (Wildman–Crippen LogP) is 11.5. The number of fused-ring (bicyclic) bond motifs is 3. The molecule has 51 heavy (non-hydrogen) atoms. The lowest BCUT2D eigenvalue weighted by atomic mass is 10.0. The van der Waals surface area contributed by atoms with Gasteiger partial charge in [0.2, 0.25) is 0 Å².